The third-order valence-corrected chi connectivity index (χ3v) is 7.22. The van der Waals surface area contributed by atoms with Crippen LogP contribution < -0.4 is 9.47 Å². The molecule has 1 heterocycles. The Morgan fingerprint density at radius 3 is 2.09 bits per heavy atom. The molecule has 1 unspecified atom stereocenters. The molecule has 1 aromatic heterocycles. The number of benzene rings is 1. The van der Waals surface area contributed by atoms with Gasteiger partial charge < -0.3 is 9.47 Å². The molecule has 0 amide bonds. The van der Waals surface area contributed by atoms with Crippen molar-refractivity contribution in [1.82, 2.24) is 9.97 Å². The number of ether oxygens (including phenoxy) is 2. The molecule has 0 spiro atoms. The van der Waals surface area contributed by atoms with Crippen molar-refractivity contribution in [2.24, 2.45) is 5.92 Å². The van der Waals surface area contributed by atoms with Gasteiger partial charge in [0.1, 0.15) is 5.75 Å². The number of nitrogens with zero attached hydrogens (tertiary/aromatic N) is 2. The number of aromatic nitrogens is 2. The van der Waals surface area contributed by atoms with Crippen LogP contribution in [0.3, 0.4) is 0 Å². The second-order valence-corrected chi connectivity index (χ2v) is 11.1. The molecule has 0 saturated carbocycles. The van der Waals surface area contributed by atoms with Gasteiger partial charge in [0.25, 0.3) is 0 Å². The van der Waals surface area contributed by atoms with E-state index in [1.165, 1.54) is 23.3 Å². The fourth-order valence-electron chi connectivity index (χ4n) is 4.53. The minimum absolute atomic E-state index is 0.257. The van der Waals surface area contributed by atoms with E-state index in [1.807, 2.05) is 0 Å². The minimum atomic E-state index is -6.87. The quantitative estimate of drug-likeness (QED) is 0.111. The maximum Gasteiger partial charge on any atom is 0.460 e. The first kappa shape index (κ1) is 35.2. The molecule has 0 N–H and O–H groups in total. The Hall–Kier alpha value is -3.25. The van der Waals surface area contributed by atoms with Crippen LogP contribution in [0.15, 0.2) is 60.0 Å². The summed E-state index contributed by atoms with van der Waals surface area (Å²) >= 11 is 0. The van der Waals surface area contributed by atoms with Crippen molar-refractivity contribution in [2.45, 2.75) is 89.2 Å². The Kier molecular flexibility index (Phi) is 11.8. The Morgan fingerprint density at radius 2 is 1.52 bits per heavy atom. The van der Waals surface area contributed by atoms with Gasteiger partial charge in [0, 0.05) is 12.0 Å². The van der Waals surface area contributed by atoms with Crippen LogP contribution in [0.1, 0.15) is 65.2 Å². The average molecular weight is 639 g/mol. The van der Waals surface area contributed by atoms with Crippen LogP contribution in [-0.4, -0.2) is 47.1 Å². The molecule has 1 aliphatic rings. The molecule has 1 aliphatic carbocycles. The molecule has 0 saturated heterocycles. The lowest BCUT2D eigenvalue weighted by Crippen LogP contribution is -2.60. The Bertz CT molecular complexity index is 1250. The lowest BCUT2D eigenvalue weighted by Gasteiger charge is -2.33. The maximum atomic E-state index is 13.6. The molecule has 1 aromatic carbocycles. The standard InChI is InChI=1S/C31H35F9N2O2/c1-21(2)6-5-7-22-8-10-23(11-9-22)20-44-26-18-41-27(42-19-26)24-12-14-25(15-13-24)43-17-4-3-16-28(32,33)29(34,35)30(36,37)31(38,39)40/h6,8,12-15,18-19,23H,3-5,7,9-11,16-17,20H2,1-2H3. The highest BCUT2D eigenvalue weighted by Crippen LogP contribution is 2.54. The maximum absolute atomic E-state index is 13.6. The summed E-state index contributed by atoms with van der Waals surface area (Å²) in [5.41, 5.74) is 3.46. The fraction of sp³-hybridized carbons (Fsp3) is 0.548. The van der Waals surface area contributed by atoms with Gasteiger partial charge in [-0.05, 0) is 89.0 Å². The van der Waals surface area contributed by atoms with E-state index < -0.39 is 36.8 Å². The van der Waals surface area contributed by atoms with E-state index >= 15 is 0 Å². The second-order valence-electron chi connectivity index (χ2n) is 11.1. The van der Waals surface area contributed by atoms with Gasteiger partial charge >= 0.3 is 23.9 Å². The highest BCUT2D eigenvalue weighted by molar-refractivity contribution is 5.56. The van der Waals surface area contributed by atoms with Gasteiger partial charge in [-0.25, -0.2) is 9.97 Å². The first-order valence-electron chi connectivity index (χ1n) is 14.2. The van der Waals surface area contributed by atoms with Crippen molar-refractivity contribution in [2.75, 3.05) is 13.2 Å². The number of hydrogen-bond donors (Lipinski definition) is 0. The molecule has 0 radical (unpaired) electrons. The van der Waals surface area contributed by atoms with Crippen molar-refractivity contribution in [1.29, 1.82) is 0 Å². The number of rotatable bonds is 15. The van der Waals surface area contributed by atoms with Crippen molar-refractivity contribution < 1.29 is 49.0 Å². The molecule has 244 valence electrons. The molecule has 3 rings (SSSR count). The molecule has 0 aliphatic heterocycles. The summed E-state index contributed by atoms with van der Waals surface area (Å²) in [4.78, 5) is 8.63. The zero-order valence-corrected chi connectivity index (χ0v) is 24.4. The van der Waals surface area contributed by atoms with E-state index in [0.29, 0.717) is 29.7 Å². The fourth-order valence-corrected chi connectivity index (χ4v) is 4.53. The highest BCUT2D eigenvalue weighted by atomic mass is 19.4. The summed E-state index contributed by atoms with van der Waals surface area (Å²) in [6.07, 6.45) is 3.22. The molecule has 4 nitrogen and oxygen atoms in total. The van der Waals surface area contributed by atoms with Crippen LogP contribution in [0.4, 0.5) is 39.5 Å². The van der Waals surface area contributed by atoms with Gasteiger partial charge in [0.2, 0.25) is 0 Å². The largest absolute Gasteiger partial charge is 0.494 e. The molecule has 44 heavy (non-hydrogen) atoms. The van der Waals surface area contributed by atoms with Crippen molar-refractivity contribution in [3.63, 3.8) is 0 Å². The van der Waals surface area contributed by atoms with E-state index in [-0.39, 0.29) is 18.8 Å². The minimum Gasteiger partial charge on any atom is -0.494 e. The number of hydrogen-bond acceptors (Lipinski definition) is 4. The van der Waals surface area contributed by atoms with E-state index in [9.17, 15) is 39.5 Å². The van der Waals surface area contributed by atoms with Gasteiger partial charge in [-0.15, -0.1) is 0 Å². The predicted molar refractivity (Wildman–Crippen MR) is 147 cm³/mol. The lowest BCUT2D eigenvalue weighted by atomic mass is 9.88. The molecule has 13 heteroatoms. The van der Waals surface area contributed by atoms with Crippen LogP contribution in [-0.2, 0) is 0 Å². The van der Waals surface area contributed by atoms with Crippen molar-refractivity contribution >= 4 is 0 Å². The van der Waals surface area contributed by atoms with E-state index in [1.54, 1.807) is 24.5 Å². The van der Waals surface area contributed by atoms with Crippen LogP contribution >= 0.6 is 0 Å². The molecule has 0 fully saturated rings. The summed E-state index contributed by atoms with van der Waals surface area (Å²) < 4.78 is 128. The van der Waals surface area contributed by atoms with Crippen LogP contribution in [0.2, 0.25) is 0 Å². The lowest BCUT2D eigenvalue weighted by molar-refractivity contribution is -0.396. The van der Waals surface area contributed by atoms with E-state index in [2.05, 4.69) is 36.0 Å². The van der Waals surface area contributed by atoms with Gasteiger partial charge in [0.15, 0.2) is 11.6 Å². The third kappa shape index (κ3) is 9.13. The van der Waals surface area contributed by atoms with E-state index in [4.69, 9.17) is 9.47 Å². The van der Waals surface area contributed by atoms with Gasteiger partial charge in [-0.2, -0.15) is 39.5 Å². The molecule has 2 aromatic rings. The van der Waals surface area contributed by atoms with Crippen LogP contribution in [0.5, 0.6) is 11.5 Å². The normalized spacial score (nSPS) is 16.3. The number of halogens is 9. The van der Waals surface area contributed by atoms with Gasteiger partial charge in [-0.1, -0.05) is 23.3 Å². The summed E-state index contributed by atoms with van der Waals surface area (Å²) in [6, 6.07) is 6.31. The number of allylic oxidation sites excluding steroid dienone is 4. The third-order valence-electron chi connectivity index (χ3n) is 7.22. The smallest absolute Gasteiger partial charge is 0.460 e. The Morgan fingerprint density at radius 1 is 0.864 bits per heavy atom. The van der Waals surface area contributed by atoms with Gasteiger partial charge in [0.05, 0.1) is 25.6 Å². The zero-order chi connectivity index (χ0) is 32.6. The van der Waals surface area contributed by atoms with Crippen LogP contribution in [0, 0.1) is 5.92 Å². The molecule has 1 atom stereocenters. The summed E-state index contributed by atoms with van der Waals surface area (Å²) in [6.45, 7) is 4.51. The summed E-state index contributed by atoms with van der Waals surface area (Å²) in [5, 5.41) is 0. The first-order chi connectivity index (χ1) is 20.5. The topological polar surface area (TPSA) is 44.2 Å². The van der Waals surface area contributed by atoms with E-state index in [0.717, 1.165) is 32.1 Å². The second kappa shape index (κ2) is 14.7. The zero-order valence-electron chi connectivity index (χ0n) is 24.4. The molecular formula is C31H35F9N2O2. The summed E-state index contributed by atoms with van der Waals surface area (Å²) in [7, 11) is 0. The summed E-state index contributed by atoms with van der Waals surface area (Å²) in [5.74, 6) is -17.4. The van der Waals surface area contributed by atoms with Crippen LogP contribution in [0.25, 0.3) is 11.4 Å². The monoisotopic (exact) mass is 638 g/mol. The average Bonchev–Trinajstić information content (AvgIpc) is 2.96. The Labute approximate surface area is 250 Å². The molecule has 0 bridgehead atoms. The van der Waals surface area contributed by atoms with Crippen molar-refractivity contribution in [3.05, 3.63) is 60.0 Å². The highest BCUT2D eigenvalue weighted by Gasteiger charge is 2.81. The first-order valence-corrected chi connectivity index (χ1v) is 14.2. The Balaban J connectivity index is 1.40. The number of alkyl halides is 9. The van der Waals surface area contributed by atoms with Crippen molar-refractivity contribution in [3.8, 4) is 22.9 Å². The molecular weight excluding hydrogens is 603 g/mol. The number of unbranched alkanes of at least 4 members (excludes halogenated alkanes) is 1. The SMILES string of the molecule is CC(C)=CCCC1=CCC(COc2cnc(-c3ccc(OCCCCC(F)(F)C(F)(F)C(F)(F)C(F)(F)F)cc3)nc2)CC1. The van der Waals surface area contributed by atoms with Gasteiger partial charge in [-0.3, -0.25) is 0 Å². The predicted octanol–water partition coefficient (Wildman–Crippen LogP) is 10.0.